The topological polar surface area (TPSA) is 85.9 Å². The molecule has 0 saturated carbocycles. The van der Waals surface area contributed by atoms with E-state index >= 15 is 0 Å². The third-order valence-electron chi connectivity index (χ3n) is 6.69. The van der Waals surface area contributed by atoms with Crippen LogP contribution in [0.3, 0.4) is 0 Å². The zero-order valence-electron chi connectivity index (χ0n) is 20.3. The Bertz CT molecular complexity index is 1310. The largest absolute Gasteiger partial charge is 0.491 e. The summed E-state index contributed by atoms with van der Waals surface area (Å²) in [5.74, 6) is 1.05. The molecule has 4 heterocycles. The summed E-state index contributed by atoms with van der Waals surface area (Å²) in [5, 5.41) is 8.66. The van der Waals surface area contributed by atoms with Gasteiger partial charge < -0.3 is 19.7 Å². The predicted octanol–water partition coefficient (Wildman–Crippen LogP) is 3.69. The van der Waals surface area contributed by atoms with Gasteiger partial charge in [0.15, 0.2) is 0 Å². The third kappa shape index (κ3) is 5.01. The van der Waals surface area contributed by atoms with Crippen molar-refractivity contribution in [3.63, 3.8) is 0 Å². The van der Waals surface area contributed by atoms with E-state index in [0.29, 0.717) is 36.2 Å². The van der Waals surface area contributed by atoms with Crippen molar-refractivity contribution in [1.29, 1.82) is 0 Å². The molecule has 1 saturated heterocycles. The van der Waals surface area contributed by atoms with E-state index in [4.69, 9.17) is 9.47 Å². The molecular weight excluding hydrogens is 444 g/mol. The molecule has 1 unspecified atom stereocenters. The number of rotatable bonds is 9. The SMILES string of the molecule is CCN1CCCC(Cn2ncc3c(NC(=O)c4cnc5cc(OCCOC)ccn45)cccc32)C1. The lowest BCUT2D eigenvalue weighted by Crippen LogP contribution is -2.36. The summed E-state index contributed by atoms with van der Waals surface area (Å²) in [4.78, 5) is 20.1. The minimum Gasteiger partial charge on any atom is -0.491 e. The summed E-state index contributed by atoms with van der Waals surface area (Å²) in [6.45, 7) is 7.47. The smallest absolute Gasteiger partial charge is 0.274 e. The van der Waals surface area contributed by atoms with Gasteiger partial charge in [0.2, 0.25) is 0 Å². The van der Waals surface area contributed by atoms with Gasteiger partial charge in [-0.05, 0) is 50.0 Å². The average molecular weight is 477 g/mol. The van der Waals surface area contributed by atoms with E-state index < -0.39 is 0 Å². The molecule has 0 bridgehead atoms. The van der Waals surface area contributed by atoms with Crippen LogP contribution in [0.1, 0.15) is 30.3 Å². The number of amides is 1. The van der Waals surface area contributed by atoms with Gasteiger partial charge in [0, 0.05) is 37.8 Å². The Morgan fingerprint density at radius 1 is 1.23 bits per heavy atom. The standard InChI is InChI=1S/C26H32N6O3/c1-3-30-10-5-6-19(17-30)18-32-23-8-4-7-22(21(23)15-28-32)29-26(33)24-16-27-25-14-20(9-11-31(24)25)35-13-12-34-2/h4,7-9,11,14-16,19H,3,5-6,10,12-13,17-18H2,1-2H3,(H,29,33). The number of carbonyl (C=O) groups excluding carboxylic acids is 1. The number of carbonyl (C=O) groups is 1. The molecule has 1 amide bonds. The van der Waals surface area contributed by atoms with Gasteiger partial charge in [-0.15, -0.1) is 0 Å². The van der Waals surface area contributed by atoms with Gasteiger partial charge in [-0.2, -0.15) is 5.10 Å². The number of nitrogens with one attached hydrogen (secondary N) is 1. The van der Waals surface area contributed by atoms with Crippen molar-refractivity contribution < 1.29 is 14.3 Å². The van der Waals surface area contributed by atoms with Crippen molar-refractivity contribution in [1.82, 2.24) is 24.1 Å². The molecule has 1 atom stereocenters. The molecule has 9 nitrogen and oxygen atoms in total. The fourth-order valence-corrected chi connectivity index (χ4v) is 4.84. The maximum atomic E-state index is 13.2. The second-order valence-electron chi connectivity index (χ2n) is 9.00. The summed E-state index contributed by atoms with van der Waals surface area (Å²) in [6.07, 6.45) is 7.68. The predicted molar refractivity (Wildman–Crippen MR) is 135 cm³/mol. The van der Waals surface area contributed by atoms with Crippen molar-refractivity contribution >= 4 is 28.1 Å². The highest BCUT2D eigenvalue weighted by Gasteiger charge is 2.21. The van der Waals surface area contributed by atoms with Crippen LogP contribution in [0.15, 0.2) is 48.9 Å². The van der Waals surface area contributed by atoms with Crippen molar-refractivity contribution in [3.05, 3.63) is 54.6 Å². The molecule has 4 aromatic rings. The molecule has 1 fully saturated rings. The minimum absolute atomic E-state index is 0.225. The molecule has 0 spiro atoms. The molecule has 1 N–H and O–H groups in total. The Hall–Kier alpha value is -3.43. The van der Waals surface area contributed by atoms with E-state index in [1.54, 1.807) is 23.9 Å². The van der Waals surface area contributed by atoms with Crippen LogP contribution in [0.5, 0.6) is 5.75 Å². The van der Waals surface area contributed by atoms with Crippen molar-refractivity contribution in [2.24, 2.45) is 5.92 Å². The number of pyridine rings is 1. The zero-order chi connectivity index (χ0) is 24.2. The lowest BCUT2D eigenvalue weighted by Gasteiger charge is -2.31. The second kappa shape index (κ2) is 10.5. The number of ether oxygens (including phenoxy) is 2. The fraction of sp³-hybridized carbons (Fsp3) is 0.423. The van der Waals surface area contributed by atoms with Crippen LogP contribution in [0.4, 0.5) is 5.69 Å². The molecule has 1 aromatic carbocycles. The number of likely N-dealkylation sites (tertiary alicyclic amines) is 1. The van der Waals surface area contributed by atoms with E-state index in [0.717, 1.165) is 36.2 Å². The number of hydrogen-bond acceptors (Lipinski definition) is 6. The number of aromatic nitrogens is 4. The lowest BCUT2D eigenvalue weighted by atomic mass is 9.98. The number of anilines is 1. The van der Waals surface area contributed by atoms with E-state index in [1.807, 2.05) is 30.5 Å². The Balaban J connectivity index is 1.32. The Morgan fingerprint density at radius 3 is 3.00 bits per heavy atom. The van der Waals surface area contributed by atoms with Gasteiger partial charge in [0.25, 0.3) is 5.91 Å². The molecule has 184 valence electrons. The number of hydrogen-bond donors (Lipinski definition) is 1. The number of imidazole rings is 1. The van der Waals surface area contributed by atoms with Gasteiger partial charge >= 0.3 is 0 Å². The first-order valence-electron chi connectivity index (χ1n) is 12.2. The number of fused-ring (bicyclic) bond motifs is 2. The highest BCUT2D eigenvalue weighted by molar-refractivity contribution is 6.08. The van der Waals surface area contributed by atoms with Crippen LogP contribution in [0.25, 0.3) is 16.6 Å². The fourth-order valence-electron chi connectivity index (χ4n) is 4.84. The van der Waals surface area contributed by atoms with Crippen molar-refractivity contribution in [3.8, 4) is 5.75 Å². The van der Waals surface area contributed by atoms with E-state index in [9.17, 15) is 4.79 Å². The van der Waals surface area contributed by atoms with Crippen molar-refractivity contribution in [2.45, 2.75) is 26.3 Å². The first-order chi connectivity index (χ1) is 17.2. The first-order valence-corrected chi connectivity index (χ1v) is 12.2. The third-order valence-corrected chi connectivity index (χ3v) is 6.69. The number of benzene rings is 1. The van der Waals surface area contributed by atoms with Crippen LogP contribution >= 0.6 is 0 Å². The molecule has 35 heavy (non-hydrogen) atoms. The molecule has 0 radical (unpaired) electrons. The average Bonchev–Trinajstić information content (AvgIpc) is 3.49. The highest BCUT2D eigenvalue weighted by atomic mass is 16.5. The van der Waals surface area contributed by atoms with Crippen LogP contribution in [0.2, 0.25) is 0 Å². The number of nitrogens with zero attached hydrogens (tertiary/aromatic N) is 5. The van der Waals surface area contributed by atoms with Gasteiger partial charge in [-0.25, -0.2) is 4.98 Å². The maximum absolute atomic E-state index is 13.2. The second-order valence-corrected chi connectivity index (χ2v) is 9.00. The van der Waals surface area contributed by atoms with Crippen LogP contribution in [-0.2, 0) is 11.3 Å². The van der Waals surface area contributed by atoms with Crippen LogP contribution in [-0.4, -0.2) is 69.9 Å². The molecule has 5 rings (SSSR count). The van der Waals surface area contributed by atoms with Crippen molar-refractivity contribution in [2.75, 3.05) is 45.3 Å². The van der Waals surface area contributed by atoms with Gasteiger partial charge in [-0.3, -0.25) is 13.9 Å². The van der Waals surface area contributed by atoms with Gasteiger partial charge in [-0.1, -0.05) is 13.0 Å². The quantitative estimate of drug-likeness (QED) is 0.371. The summed E-state index contributed by atoms with van der Waals surface area (Å²) < 4.78 is 14.5. The summed E-state index contributed by atoms with van der Waals surface area (Å²) >= 11 is 0. The van der Waals surface area contributed by atoms with Gasteiger partial charge in [0.1, 0.15) is 23.7 Å². The molecule has 1 aliphatic heterocycles. The Labute approximate surface area is 204 Å². The minimum atomic E-state index is -0.225. The number of piperidine rings is 1. The Kier molecular flexibility index (Phi) is 6.96. The molecule has 3 aromatic heterocycles. The molecular formula is C26H32N6O3. The van der Waals surface area contributed by atoms with Crippen LogP contribution in [0, 0.1) is 5.92 Å². The monoisotopic (exact) mass is 476 g/mol. The first kappa shape index (κ1) is 23.3. The highest BCUT2D eigenvalue weighted by Crippen LogP contribution is 2.26. The number of methoxy groups -OCH3 is 1. The zero-order valence-corrected chi connectivity index (χ0v) is 20.3. The normalized spacial score (nSPS) is 16.7. The maximum Gasteiger partial charge on any atom is 0.274 e. The van der Waals surface area contributed by atoms with E-state index in [-0.39, 0.29) is 5.91 Å². The molecule has 1 aliphatic rings. The van der Waals surface area contributed by atoms with Gasteiger partial charge in [0.05, 0.1) is 30.2 Å². The summed E-state index contributed by atoms with van der Waals surface area (Å²) in [7, 11) is 1.63. The van der Waals surface area contributed by atoms with Crippen LogP contribution < -0.4 is 10.1 Å². The van der Waals surface area contributed by atoms with E-state index in [2.05, 4.69) is 38.0 Å². The lowest BCUT2D eigenvalue weighted by molar-refractivity contribution is 0.102. The molecule has 0 aliphatic carbocycles. The Morgan fingerprint density at radius 2 is 2.14 bits per heavy atom. The summed E-state index contributed by atoms with van der Waals surface area (Å²) in [5.41, 5.74) is 2.87. The van der Waals surface area contributed by atoms with E-state index in [1.165, 1.54) is 19.4 Å². The molecule has 9 heteroatoms. The summed E-state index contributed by atoms with van der Waals surface area (Å²) in [6, 6.07) is 9.57.